The number of hydrogen-bond donors (Lipinski definition) is 3. The molecule has 0 aliphatic carbocycles. The third kappa shape index (κ3) is 6.53. The van der Waals surface area contributed by atoms with E-state index in [0.717, 1.165) is 0 Å². The van der Waals surface area contributed by atoms with Crippen LogP contribution in [-0.4, -0.2) is 46.8 Å². The summed E-state index contributed by atoms with van der Waals surface area (Å²) in [6.45, 7) is -0.892. The van der Waals surface area contributed by atoms with Crippen molar-refractivity contribution in [1.82, 2.24) is 4.72 Å². The molecule has 0 bridgehead atoms. The largest absolute Gasteiger partial charge is 0.482 e. The second kappa shape index (κ2) is 6.85. The maximum absolute atomic E-state index is 11.8. The van der Waals surface area contributed by atoms with Crippen molar-refractivity contribution in [3.05, 3.63) is 24.3 Å². The second-order valence-electron chi connectivity index (χ2n) is 3.92. The van der Waals surface area contributed by atoms with Crippen LogP contribution in [0.3, 0.4) is 0 Å². The molecule has 0 fully saturated rings. The van der Waals surface area contributed by atoms with Gasteiger partial charge in [-0.1, -0.05) is 0 Å². The van der Waals surface area contributed by atoms with Crippen molar-refractivity contribution >= 4 is 26.0 Å². The minimum Gasteiger partial charge on any atom is -0.482 e. The SMILES string of the molecule is NS(=O)(=O)CCNS(=O)(=O)c1ccc(OCC(=O)O)cc1. The molecule has 0 saturated carbocycles. The van der Waals surface area contributed by atoms with Crippen molar-refractivity contribution in [1.29, 1.82) is 0 Å². The number of aliphatic carboxylic acids is 1. The highest BCUT2D eigenvalue weighted by molar-refractivity contribution is 7.90. The number of sulfonamides is 2. The summed E-state index contributed by atoms with van der Waals surface area (Å²) < 4.78 is 52.0. The number of hydrogen-bond acceptors (Lipinski definition) is 6. The lowest BCUT2D eigenvalue weighted by Crippen LogP contribution is -2.31. The zero-order valence-corrected chi connectivity index (χ0v) is 12.4. The first-order valence-electron chi connectivity index (χ1n) is 5.55. The Morgan fingerprint density at radius 2 is 1.76 bits per heavy atom. The molecule has 0 aliphatic heterocycles. The summed E-state index contributed by atoms with van der Waals surface area (Å²) in [4.78, 5) is 10.2. The lowest BCUT2D eigenvalue weighted by Gasteiger charge is -2.07. The van der Waals surface area contributed by atoms with Crippen LogP contribution in [0.2, 0.25) is 0 Å². The Labute approximate surface area is 121 Å². The monoisotopic (exact) mass is 338 g/mol. The molecule has 0 aromatic heterocycles. The van der Waals surface area contributed by atoms with Crippen LogP contribution < -0.4 is 14.6 Å². The molecule has 9 nitrogen and oxygen atoms in total. The normalized spacial score (nSPS) is 12.0. The number of primary sulfonamides is 1. The Hall–Kier alpha value is -1.69. The topological polar surface area (TPSA) is 153 Å². The van der Waals surface area contributed by atoms with Crippen molar-refractivity contribution < 1.29 is 31.5 Å². The third-order valence-electron chi connectivity index (χ3n) is 2.18. The van der Waals surface area contributed by atoms with Crippen LogP contribution in [0.1, 0.15) is 0 Å². The fraction of sp³-hybridized carbons (Fsp3) is 0.300. The number of nitrogens with one attached hydrogen (secondary N) is 1. The number of benzene rings is 1. The van der Waals surface area contributed by atoms with Gasteiger partial charge in [-0.15, -0.1) is 0 Å². The molecule has 0 spiro atoms. The maximum atomic E-state index is 11.8. The van der Waals surface area contributed by atoms with Crippen molar-refractivity contribution in [2.45, 2.75) is 4.90 Å². The fourth-order valence-electron chi connectivity index (χ4n) is 1.26. The second-order valence-corrected chi connectivity index (χ2v) is 7.42. The molecule has 1 aromatic rings. The van der Waals surface area contributed by atoms with Gasteiger partial charge in [0.1, 0.15) is 5.75 Å². The number of ether oxygens (including phenoxy) is 1. The van der Waals surface area contributed by atoms with Gasteiger partial charge in [0.2, 0.25) is 20.0 Å². The van der Waals surface area contributed by atoms with E-state index in [2.05, 4.69) is 4.72 Å². The van der Waals surface area contributed by atoms with E-state index < -0.39 is 38.4 Å². The Kier molecular flexibility index (Phi) is 5.66. The number of carboxylic acid groups (broad SMARTS) is 1. The van der Waals surface area contributed by atoms with E-state index in [1.165, 1.54) is 24.3 Å². The smallest absolute Gasteiger partial charge is 0.341 e. The van der Waals surface area contributed by atoms with Gasteiger partial charge in [0.15, 0.2) is 6.61 Å². The van der Waals surface area contributed by atoms with Crippen molar-refractivity contribution in [3.63, 3.8) is 0 Å². The quantitative estimate of drug-likeness (QED) is 0.533. The highest BCUT2D eigenvalue weighted by atomic mass is 32.2. The van der Waals surface area contributed by atoms with E-state index >= 15 is 0 Å². The summed E-state index contributed by atoms with van der Waals surface area (Å²) in [6, 6.07) is 4.99. The Bertz CT molecular complexity index is 695. The van der Waals surface area contributed by atoms with Crippen molar-refractivity contribution in [2.75, 3.05) is 18.9 Å². The van der Waals surface area contributed by atoms with Gasteiger partial charge in [-0.3, -0.25) is 0 Å². The number of carboxylic acids is 1. The first-order valence-corrected chi connectivity index (χ1v) is 8.75. The van der Waals surface area contributed by atoms with E-state index in [1.54, 1.807) is 0 Å². The Balaban J connectivity index is 2.69. The van der Waals surface area contributed by atoms with Gasteiger partial charge >= 0.3 is 5.97 Å². The average molecular weight is 338 g/mol. The number of nitrogens with two attached hydrogens (primary N) is 1. The van der Waals surface area contributed by atoms with Gasteiger partial charge < -0.3 is 9.84 Å². The lowest BCUT2D eigenvalue weighted by atomic mass is 10.3. The first kappa shape index (κ1) is 17.4. The molecular weight excluding hydrogens is 324 g/mol. The van der Waals surface area contributed by atoms with E-state index in [9.17, 15) is 21.6 Å². The summed E-state index contributed by atoms with van der Waals surface area (Å²) in [7, 11) is -7.63. The molecule has 0 aliphatic rings. The Morgan fingerprint density at radius 3 is 2.24 bits per heavy atom. The molecular formula is C10H14N2O7S2. The summed E-state index contributed by atoms with van der Waals surface area (Å²) in [6.07, 6.45) is 0. The highest BCUT2D eigenvalue weighted by Crippen LogP contribution is 2.15. The molecule has 1 rings (SSSR count). The first-order chi connectivity index (χ1) is 9.60. The highest BCUT2D eigenvalue weighted by Gasteiger charge is 2.15. The lowest BCUT2D eigenvalue weighted by molar-refractivity contribution is -0.139. The minimum atomic E-state index is -3.87. The molecule has 0 radical (unpaired) electrons. The van der Waals surface area contributed by atoms with Crippen LogP contribution in [0.4, 0.5) is 0 Å². The zero-order chi connectivity index (χ0) is 16.1. The predicted molar refractivity (Wildman–Crippen MR) is 72.7 cm³/mol. The molecule has 4 N–H and O–H groups in total. The van der Waals surface area contributed by atoms with Crippen molar-refractivity contribution in [2.24, 2.45) is 5.14 Å². The molecule has 118 valence electrons. The van der Waals surface area contributed by atoms with E-state index in [4.69, 9.17) is 15.0 Å². The van der Waals surface area contributed by atoms with Crippen LogP contribution >= 0.6 is 0 Å². The molecule has 0 saturated heterocycles. The molecule has 21 heavy (non-hydrogen) atoms. The number of carbonyl (C=O) groups is 1. The van der Waals surface area contributed by atoms with Crippen molar-refractivity contribution in [3.8, 4) is 5.75 Å². The van der Waals surface area contributed by atoms with Gasteiger partial charge in [-0.2, -0.15) is 0 Å². The molecule has 0 heterocycles. The maximum Gasteiger partial charge on any atom is 0.341 e. The molecule has 0 amide bonds. The summed E-state index contributed by atoms with van der Waals surface area (Å²) in [5.41, 5.74) is 0. The summed E-state index contributed by atoms with van der Waals surface area (Å²) in [5.74, 6) is -1.48. The van der Waals surface area contributed by atoms with Gasteiger partial charge in [0.05, 0.1) is 10.6 Å². The van der Waals surface area contributed by atoms with Crippen LogP contribution in [0.25, 0.3) is 0 Å². The van der Waals surface area contributed by atoms with Gasteiger partial charge in [0, 0.05) is 6.54 Å². The molecule has 11 heteroatoms. The van der Waals surface area contributed by atoms with Crippen LogP contribution in [0.5, 0.6) is 5.75 Å². The molecule has 0 unspecified atom stereocenters. The van der Waals surface area contributed by atoms with Gasteiger partial charge in [0.25, 0.3) is 0 Å². The van der Waals surface area contributed by atoms with Gasteiger partial charge in [-0.25, -0.2) is 31.5 Å². The summed E-state index contributed by atoms with van der Waals surface area (Å²) >= 11 is 0. The average Bonchev–Trinajstić information content (AvgIpc) is 2.35. The van der Waals surface area contributed by atoms with Crippen LogP contribution in [0, 0.1) is 0 Å². The molecule has 0 atom stereocenters. The van der Waals surface area contributed by atoms with Crippen LogP contribution in [0.15, 0.2) is 29.2 Å². The van der Waals surface area contributed by atoms with E-state index in [-0.39, 0.29) is 17.2 Å². The van der Waals surface area contributed by atoms with Crippen LogP contribution in [-0.2, 0) is 24.8 Å². The predicted octanol–water partition coefficient (Wildman–Crippen LogP) is -1.28. The Morgan fingerprint density at radius 1 is 1.19 bits per heavy atom. The van der Waals surface area contributed by atoms with E-state index in [1.807, 2.05) is 0 Å². The minimum absolute atomic E-state index is 0.111. The number of rotatable bonds is 8. The third-order valence-corrected chi connectivity index (χ3v) is 4.43. The van der Waals surface area contributed by atoms with Gasteiger partial charge in [-0.05, 0) is 24.3 Å². The fourth-order valence-corrected chi connectivity index (χ4v) is 2.81. The van der Waals surface area contributed by atoms with E-state index in [0.29, 0.717) is 0 Å². The zero-order valence-electron chi connectivity index (χ0n) is 10.7. The standard InChI is InChI=1S/C10H14N2O7S2/c11-20(15,16)6-5-12-21(17,18)9-3-1-8(2-4-9)19-7-10(13)14/h1-4,12H,5-7H2,(H,13,14)(H2,11,15,16). The molecule has 1 aromatic carbocycles. The summed E-state index contributed by atoms with van der Waals surface area (Å²) in [5, 5.41) is 13.2.